The highest BCUT2D eigenvalue weighted by Crippen LogP contribution is 2.19. The van der Waals surface area contributed by atoms with E-state index in [2.05, 4.69) is 4.99 Å². The lowest BCUT2D eigenvalue weighted by Crippen LogP contribution is -2.26. The van der Waals surface area contributed by atoms with Crippen molar-refractivity contribution in [2.24, 2.45) is 4.99 Å². The van der Waals surface area contributed by atoms with Gasteiger partial charge in [0.15, 0.2) is 0 Å². The lowest BCUT2D eigenvalue weighted by atomic mass is 9.81. The van der Waals surface area contributed by atoms with Gasteiger partial charge in [-0.1, -0.05) is 42.5 Å². The summed E-state index contributed by atoms with van der Waals surface area (Å²) in [7, 11) is -1.20. The van der Waals surface area contributed by atoms with Gasteiger partial charge in [0.25, 0.3) is 5.91 Å². The number of carbonyl (C=O) groups excluding carboxylic acids is 1. The Hall–Kier alpha value is -3.22. The van der Waals surface area contributed by atoms with E-state index in [0.29, 0.717) is 5.84 Å². The van der Waals surface area contributed by atoms with Gasteiger partial charge in [-0.3, -0.25) is 18.3 Å². The summed E-state index contributed by atoms with van der Waals surface area (Å²) in [5, 5.41) is 9.40. The molecule has 1 N–H and O–H groups in total. The first kappa shape index (κ1) is 17.6. The van der Waals surface area contributed by atoms with Crippen LogP contribution < -0.4 is 5.46 Å². The van der Waals surface area contributed by atoms with Gasteiger partial charge < -0.3 is 5.11 Å². The molecule has 0 aromatic heterocycles. The molecule has 4 nitrogen and oxygen atoms in total. The molecule has 3 rings (SSSR count). The second-order valence-electron chi connectivity index (χ2n) is 5.72. The van der Waals surface area contributed by atoms with Gasteiger partial charge >= 0.3 is 7.27 Å². The lowest BCUT2D eigenvalue weighted by molar-refractivity contribution is -0.121. The fraction of sp³-hybridized carbons (Fsp3) is 0.0526. The highest BCUT2D eigenvalue weighted by atomic mass is 19.2. The van der Waals surface area contributed by atoms with E-state index in [0.717, 1.165) is 11.6 Å². The molecule has 1 aliphatic heterocycles. The summed E-state index contributed by atoms with van der Waals surface area (Å²) in [6.45, 7) is 0. The zero-order valence-corrected chi connectivity index (χ0v) is 13.9. The van der Waals surface area contributed by atoms with Crippen molar-refractivity contribution in [3.63, 3.8) is 0 Å². The molecule has 0 unspecified atom stereocenters. The summed E-state index contributed by atoms with van der Waals surface area (Å²) in [5.74, 6) is -0.221. The van der Waals surface area contributed by atoms with Crippen LogP contribution in [0, 0.1) is 0 Å². The molecule has 130 valence electrons. The molecule has 0 aliphatic carbocycles. The third-order valence-electron chi connectivity index (χ3n) is 3.92. The Morgan fingerprint density at radius 2 is 1.85 bits per heavy atom. The molecule has 0 fully saturated rings. The number of phenols is 1. The average molecular weight is 352 g/mol. The Morgan fingerprint density at radius 3 is 2.54 bits per heavy atom. The van der Waals surface area contributed by atoms with Crippen LogP contribution in [0.2, 0.25) is 0 Å². The summed E-state index contributed by atoms with van der Waals surface area (Å²) < 4.78 is 26.3. The fourth-order valence-corrected chi connectivity index (χ4v) is 2.53. The molecule has 0 bridgehead atoms. The third-order valence-corrected chi connectivity index (χ3v) is 3.92. The minimum Gasteiger partial charge on any atom is -0.508 e. The first-order valence-electron chi connectivity index (χ1n) is 7.88. The van der Waals surface area contributed by atoms with E-state index >= 15 is 0 Å². The number of rotatable bonds is 4. The van der Waals surface area contributed by atoms with Crippen LogP contribution in [0.3, 0.4) is 0 Å². The smallest absolute Gasteiger partial charge is 0.508 e. The Balaban J connectivity index is 1.93. The summed E-state index contributed by atoms with van der Waals surface area (Å²) in [5.41, 5.74) is 0.808. The minimum absolute atomic E-state index is 0.0628. The Morgan fingerprint density at radius 1 is 1.12 bits per heavy atom. The molecule has 7 heteroatoms. The van der Waals surface area contributed by atoms with Crippen molar-refractivity contribution in [1.29, 1.82) is 0 Å². The number of nitrogens with zero attached hydrogens (tertiary/aromatic N) is 2. The maximum atomic E-state index is 13.2. The Bertz CT molecular complexity index is 924. The average Bonchev–Trinajstić information content (AvgIpc) is 2.90. The summed E-state index contributed by atoms with van der Waals surface area (Å²) in [4.78, 5) is 17.9. The van der Waals surface area contributed by atoms with E-state index in [1.165, 1.54) is 23.1 Å². The predicted molar refractivity (Wildman–Crippen MR) is 99.4 cm³/mol. The van der Waals surface area contributed by atoms with E-state index in [9.17, 15) is 18.5 Å². The molecule has 26 heavy (non-hydrogen) atoms. The number of amides is 1. The van der Waals surface area contributed by atoms with Gasteiger partial charge in [-0.2, -0.15) is 0 Å². The van der Waals surface area contributed by atoms with Crippen molar-refractivity contribution < 1.29 is 18.5 Å². The zero-order valence-electron chi connectivity index (χ0n) is 13.9. The molecule has 1 amide bonds. The molecule has 0 saturated carbocycles. The van der Waals surface area contributed by atoms with Crippen LogP contribution in [-0.2, 0) is 4.79 Å². The van der Waals surface area contributed by atoms with Gasteiger partial charge in [-0.25, -0.2) is 4.99 Å². The van der Waals surface area contributed by atoms with Crippen LogP contribution in [0.4, 0.5) is 8.63 Å². The van der Waals surface area contributed by atoms with Gasteiger partial charge in [-0.05, 0) is 35.4 Å². The Labute approximate surface area is 150 Å². The third kappa shape index (κ3) is 3.72. The van der Waals surface area contributed by atoms with E-state index in [-0.39, 0.29) is 28.4 Å². The minimum atomic E-state index is -2.77. The predicted octanol–water partition coefficient (Wildman–Crippen LogP) is 2.95. The fourth-order valence-electron chi connectivity index (χ4n) is 2.53. The van der Waals surface area contributed by atoms with E-state index < -0.39 is 7.27 Å². The van der Waals surface area contributed by atoms with Crippen LogP contribution >= 0.6 is 0 Å². The number of phenolic OH excluding ortho intramolecular Hbond substituents is 1. The number of hydrogen-bond acceptors (Lipinski definition) is 3. The quantitative estimate of drug-likeness (QED) is 0.680. The molecular formula is C19H15BF2N2O2. The van der Waals surface area contributed by atoms with Crippen LogP contribution in [0.1, 0.15) is 11.1 Å². The van der Waals surface area contributed by atoms with Crippen LogP contribution in [-0.4, -0.2) is 36.1 Å². The van der Waals surface area contributed by atoms with Gasteiger partial charge in [0, 0.05) is 12.5 Å². The monoisotopic (exact) mass is 352 g/mol. The second-order valence-corrected chi connectivity index (χ2v) is 5.72. The van der Waals surface area contributed by atoms with Gasteiger partial charge in [0.05, 0.1) is 0 Å². The van der Waals surface area contributed by atoms with E-state index in [1.807, 2.05) is 36.4 Å². The van der Waals surface area contributed by atoms with Crippen molar-refractivity contribution in [3.05, 3.63) is 71.4 Å². The number of halogens is 2. The van der Waals surface area contributed by atoms with Crippen molar-refractivity contribution in [3.8, 4) is 5.75 Å². The van der Waals surface area contributed by atoms with Crippen molar-refractivity contribution >= 4 is 36.6 Å². The molecular weight excluding hydrogens is 337 g/mol. The molecule has 0 atom stereocenters. The van der Waals surface area contributed by atoms with Crippen molar-refractivity contribution in [2.75, 3.05) is 7.05 Å². The molecule has 2 aromatic rings. The van der Waals surface area contributed by atoms with E-state index in [4.69, 9.17) is 0 Å². The standard InChI is InChI=1S/C19H15BF2N2O2/c1-24-18(10-7-13-5-3-2-4-6-13)23-17(19(24)26)11-14-8-9-15(25)12-16(14)20(21)22/h2-12,25H,1H3/b10-7+,17-11+. The molecule has 0 radical (unpaired) electrons. The number of aromatic hydroxyl groups is 1. The first-order valence-corrected chi connectivity index (χ1v) is 7.88. The topological polar surface area (TPSA) is 52.9 Å². The molecule has 1 aliphatic rings. The van der Waals surface area contributed by atoms with Crippen molar-refractivity contribution in [2.45, 2.75) is 0 Å². The van der Waals surface area contributed by atoms with Gasteiger partial charge in [0.1, 0.15) is 17.3 Å². The molecule has 1 heterocycles. The summed E-state index contributed by atoms with van der Waals surface area (Å²) in [6, 6.07) is 13.1. The number of benzene rings is 2. The van der Waals surface area contributed by atoms with Gasteiger partial charge in [0.2, 0.25) is 0 Å². The van der Waals surface area contributed by atoms with Crippen LogP contribution in [0.15, 0.2) is 65.3 Å². The largest absolute Gasteiger partial charge is 0.572 e. The SMILES string of the molecule is CN1C(=O)/C(=C\c2ccc(O)cc2B(F)F)N=C1/C=C/c1ccccc1. The lowest BCUT2D eigenvalue weighted by Gasteiger charge is -2.08. The Kier molecular flexibility index (Phi) is 4.98. The highest BCUT2D eigenvalue weighted by Gasteiger charge is 2.27. The zero-order chi connectivity index (χ0) is 18.7. The maximum Gasteiger partial charge on any atom is 0.572 e. The number of aliphatic imine (C=N–C) groups is 1. The molecule has 2 aromatic carbocycles. The van der Waals surface area contributed by atoms with Crippen molar-refractivity contribution in [1.82, 2.24) is 4.90 Å². The maximum absolute atomic E-state index is 13.2. The van der Waals surface area contributed by atoms with Gasteiger partial charge in [-0.15, -0.1) is 0 Å². The highest BCUT2D eigenvalue weighted by molar-refractivity contribution is 6.61. The number of likely N-dealkylation sites (N-methyl/N-ethyl adjacent to an activating group) is 1. The molecule has 0 spiro atoms. The normalized spacial score (nSPS) is 15.8. The van der Waals surface area contributed by atoms with Crippen LogP contribution in [0.5, 0.6) is 5.75 Å². The van der Waals surface area contributed by atoms with Crippen LogP contribution in [0.25, 0.3) is 12.2 Å². The number of carbonyl (C=O) groups is 1. The second kappa shape index (κ2) is 7.35. The summed E-state index contributed by atoms with van der Waals surface area (Å²) in [6.07, 6.45) is 4.82. The number of amidine groups is 1. The molecule has 0 saturated heterocycles. The van der Waals surface area contributed by atoms with E-state index in [1.54, 1.807) is 13.1 Å². The number of hydrogen-bond donors (Lipinski definition) is 1. The first-order chi connectivity index (χ1) is 12.5. The summed E-state index contributed by atoms with van der Waals surface area (Å²) >= 11 is 0.